The molecule has 0 radical (unpaired) electrons. The van der Waals surface area contributed by atoms with Gasteiger partial charge in [0.05, 0.1) is 12.6 Å². The summed E-state index contributed by atoms with van der Waals surface area (Å²) in [5.41, 5.74) is 4.82. The van der Waals surface area contributed by atoms with E-state index in [1.165, 1.54) is 5.56 Å². The van der Waals surface area contributed by atoms with E-state index in [1.54, 1.807) is 7.11 Å². The number of nitrogens with one attached hydrogen (secondary N) is 2. The van der Waals surface area contributed by atoms with Crippen LogP contribution in [0.5, 0.6) is 0 Å². The van der Waals surface area contributed by atoms with Crippen molar-refractivity contribution in [3.8, 4) is 11.3 Å². The summed E-state index contributed by atoms with van der Waals surface area (Å²) in [5, 5.41) is 6.38. The monoisotopic (exact) mass is 469 g/mol. The highest BCUT2D eigenvalue weighted by molar-refractivity contribution is 5.93. The molecule has 180 valence electrons. The number of imidazole rings is 1. The predicted molar refractivity (Wildman–Crippen MR) is 139 cm³/mol. The quantitative estimate of drug-likeness (QED) is 0.417. The van der Waals surface area contributed by atoms with E-state index >= 15 is 0 Å². The predicted octanol–water partition coefficient (Wildman–Crippen LogP) is 4.55. The SMILES string of the molecule is COCCN1CC(c2ccccc2)[C@H](NC(=O)Nc2c(-c3ccccc3)nc3ccc(C)cn23)C1. The van der Waals surface area contributed by atoms with Gasteiger partial charge in [-0.15, -0.1) is 0 Å². The van der Waals surface area contributed by atoms with E-state index in [1.807, 2.05) is 66.1 Å². The standard InChI is InChI=1S/C28H31N5O2/c1-20-13-14-25-30-26(22-11-7-4-8-12-22)27(33(25)17-20)31-28(34)29-24-19-32(15-16-35-2)18-23(24)21-9-5-3-6-10-21/h3-14,17,23-24H,15-16,18-19H2,1-2H3,(H2,29,31,34)/t23?,24-/m1/s1. The van der Waals surface area contributed by atoms with E-state index in [9.17, 15) is 4.79 Å². The molecule has 0 bridgehead atoms. The highest BCUT2D eigenvalue weighted by Gasteiger charge is 2.34. The lowest BCUT2D eigenvalue weighted by atomic mass is 9.94. The summed E-state index contributed by atoms with van der Waals surface area (Å²) in [4.78, 5) is 20.5. The third-order valence-corrected chi connectivity index (χ3v) is 6.60. The minimum absolute atomic E-state index is 0.0182. The van der Waals surface area contributed by atoms with Crippen molar-refractivity contribution in [1.29, 1.82) is 0 Å². The van der Waals surface area contributed by atoms with Crippen LogP contribution in [0.1, 0.15) is 17.0 Å². The van der Waals surface area contributed by atoms with Gasteiger partial charge < -0.3 is 10.1 Å². The van der Waals surface area contributed by atoms with E-state index in [4.69, 9.17) is 9.72 Å². The molecular formula is C28H31N5O2. The van der Waals surface area contributed by atoms with Gasteiger partial charge in [0.2, 0.25) is 0 Å². The molecule has 5 rings (SSSR count). The van der Waals surface area contributed by atoms with E-state index in [2.05, 4.69) is 39.8 Å². The molecule has 2 aromatic carbocycles. The average Bonchev–Trinajstić information content (AvgIpc) is 3.44. The number of hydrogen-bond acceptors (Lipinski definition) is 4. The highest BCUT2D eigenvalue weighted by atomic mass is 16.5. The number of aryl methyl sites for hydroxylation is 1. The number of fused-ring (bicyclic) bond motifs is 1. The zero-order chi connectivity index (χ0) is 24.2. The number of urea groups is 1. The molecular weight excluding hydrogens is 438 g/mol. The molecule has 1 aliphatic heterocycles. The van der Waals surface area contributed by atoms with Gasteiger partial charge in [0.1, 0.15) is 17.2 Å². The van der Waals surface area contributed by atoms with Crippen molar-refractivity contribution in [3.05, 3.63) is 90.1 Å². The lowest BCUT2D eigenvalue weighted by Gasteiger charge is -2.21. The first-order valence-electron chi connectivity index (χ1n) is 12.0. The fourth-order valence-corrected chi connectivity index (χ4v) is 4.85. The summed E-state index contributed by atoms with van der Waals surface area (Å²) in [6.45, 7) is 5.19. The van der Waals surface area contributed by atoms with Crippen LogP contribution >= 0.6 is 0 Å². The van der Waals surface area contributed by atoms with Crippen LogP contribution in [-0.4, -0.2) is 59.7 Å². The Morgan fingerprint density at radius 2 is 1.77 bits per heavy atom. The molecule has 35 heavy (non-hydrogen) atoms. The number of rotatable bonds is 7. The zero-order valence-corrected chi connectivity index (χ0v) is 20.1. The average molecular weight is 470 g/mol. The smallest absolute Gasteiger partial charge is 0.320 e. The topological polar surface area (TPSA) is 70.9 Å². The maximum absolute atomic E-state index is 13.4. The van der Waals surface area contributed by atoms with Gasteiger partial charge in [0.15, 0.2) is 0 Å². The van der Waals surface area contributed by atoms with Crippen molar-refractivity contribution in [2.75, 3.05) is 38.7 Å². The maximum Gasteiger partial charge on any atom is 0.320 e. The Bertz CT molecular complexity index is 1290. The van der Waals surface area contributed by atoms with Gasteiger partial charge in [-0.05, 0) is 24.1 Å². The summed E-state index contributed by atoms with van der Waals surface area (Å²) in [5.74, 6) is 0.870. The van der Waals surface area contributed by atoms with Gasteiger partial charge in [-0.25, -0.2) is 9.78 Å². The van der Waals surface area contributed by atoms with Crippen LogP contribution in [0.4, 0.5) is 10.6 Å². The van der Waals surface area contributed by atoms with Gasteiger partial charge in [0.25, 0.3) is 0 Å². The highest BCUT2D eigenvalue weighted by Crippen LogP contribution is 2.30. The van der Waals surface area contributed by atoms with Gasteiger partial charge >= 0.3 is 6.03 Å². The minimum atomic E-state index is -0.231. The summed E-state index contributed by atoms with van der Waals surface area (Å²) in [6, 6.07) is 24.1. The molecule has 0 aliphatic carbocycles. The lowest BCUT2D eigenvalue weighted by molar-refractivity contribution is 0.159. The van der Waals surface area contributed by atoms with E-state index in [0.717, 1.165) is 42.1 Å². The molecule has 7 nitrogen and oxygen atoms in total. The summed E-state index contributed by atoms with van der Waals surface area (Å²) in [6.07, 6.45) is 2.00. The van der Waals surface area contributed by atoms with Crippen LogP contribution < -0.4 is 10.6 Å². The number of nitrogens with zero attached hydrogens (tertiary/aromatic N) is 3. The molecule has 2 amide bonds. The molecule has 3 heterocycles. The first-order chi connectivity index (χ1) is 17.1. The molecule has 2 atom stereocenters. The Morgan fingerprint density at radius 1 is 1.03 bits per heavy atom. The molecule has 1 unspecified atom stereocenters. The Morgan fingerprint density at radius 3 is 2.51 bits per heavy atom. The number of ether oxygens (including phenoxy) is 1. The molecule has 1 fully saturated rings. The van der Waals surface area contributed by atoms with Crippen molar-refractivity contribution in [3.63, 3.8) is 0 Å². The van der Waals surface area contributed by atoms with Gasteiger partial charge in [-0.1, -0.05) is 66.7 Å². The number of anilines is 1. The Hall–Kier alpha value is -3.68. The van der Waals surface area contributed by atoms with Crippen molar-refractivity contribution in [2.45, 2.75) is 18.9 Å². The van der Waals surface area contributed by atoms with Crippen LogP contribution in [-0.2, 0) is 4.74 Å². The molecule has 2 aromatic heterocycles. The number of aromatic nitrogens is 2. The third-order valence-electron chi connectivity index (χ3n) is 6.60. The third kappa shape index (κ3) is 5.06. The number of carbonyl (C=O) groups excluding carboxylic acids is 1. The number of benzene rings is 2. The fourth-order valence-electron chi connectivity index (χ4n) is 4.85. The summed E-state index contributed by atoms with van der Waals surface area (Å²) < 4.78 is 7.24. The van der Waals surface area contributed by atoms with Gasteiger partial charge in [0, 0.05) is 44.4 Å². The van der Waals surface area contributed by atoms with E-state index in [-0.39, 0.29) is 18.0 Å². The Labute approximate surface area is 205 Å². The second kappa shape index (κ2) is 10.3. The molecule has 1 saturated heterocycles. The number of amides is 2. The molecule has 0 spiro atoms. The van der Waals surface area contributed by atoms with Crippen molar-refractivity contribution >= 4 is 17.5 Å². The second-order valence-corrected chi connectivity index (χ2v) is 9.08. The second-order valence-electron chi connectivity index (χ2n) is 9.08. The van der Waals surface area contributed by atoms with Crippen LogP contribution in [0.25, 0.3) is 16.9 Å². The van der Waals surface area contributed by atoms with Gasteiger partial charge in [-0.3, -0.25) is 14.6 Å². The lowest BCUT2D eigenvalue weighted by Crippen LogP contribution is -2.42. The molecule has 1 aliphatic rings. The Balaban J connectivity index is 1.41. The maximum atomic E-state index is 13.4. The fraction of sp³-hybridized carbons (Fsp3) is 0.286. The number of methoxy groups -OCH3 is 1. The largest absolute Gasteiger partial charge is 0.383 e. The first kappa shape index (κ1) is 23.1. The van der Waals surface area contributed by atoms with E-state index in [0.29, 0.717) is 12.4 Å². The van der Waals surface area contributed by atoms with Crippen molar-refractivity contribution in [1.82, 2.24) is 19.6 Å². The number of likely N-dealkylation sites (tertiary alicyclic amines) is 1. The number of carbonyl (C=O) groups is 1. The van der Waals surface area contributed by atoms with Crippen LogP contribution in [0, 0.1) is 6.92 Å². The Kier molecular flexibility index (Phi) is 6.79. The van der Waals surface area contributed by atoms with Gasteiger partial charge in [-0.2, -0.15) is 0 Å². The minimum Gasteiger partial charge on any atom is -0.383 e. The summed E-state index contributed by atoms with van der Waals surface area (Å²) in [7, 11) is 1.72. The summed E-state index contributed by atoms with van der Waals surface area (Å²) >= 11 is 0. The van der Waals surface area contributed by atoms with Crippen LogP contribution in [0.3, 0.4) is 0 Å². The van der Waals surface area contributed by atoms with Crippen LogP contribution in [0.2, 0.25) is 0 Å². The molecule has 7 heteroatoms. The number of hydrogen-bond donors (Lipinski definition) is 2. The molecule has 2 N–H and O–H groups in total. The first-order valence-corrected chi connectivity index (χ1v) is 12.0. The molecule has 0 saturated carbocycles. The zero-order valence-electron chi connectivity index (χ0n) is 20.1. The van der Waals surface area contributed by atoms with Crippen molar-refractivity contribution in [2.24, 2.45) is 0 Å². The van der Waals surface area contributed by atoms with Crippen molar-refractivity contribution < 1.29 is 9.53 Å². The number of pyridine rings is 1. The van der Waals surface area contributed by atoms with Crippen LogP contribution in [0.15, 0.2) is 79.0 Å². The van der Waals surface area contributed by atoms with E-state index < -0.39 is 0 Å². The molecule has 4 aromatic rings. The normalized spacial score (nSPS) is 18.1.